The fourth-order valence-corrected chi connectivity index (χ4v) is 9.32. The van der Waals surface area contributed by atoms with E-state index in [1.165, 1.54) is 65.6 Å². The number of halogens is 2. The molecule has 63 heavy (non-hydrogen) atoms. The number of β-lactam (4-membered cyclic amide) rings is 1. The van der Waals surface area contributed by atoms with E-state index in [4.69, 9.17) is 18.4 Å². The molecule has 4 aromatic carbocycles. The summed E-state index contributed by atoms with van der Waals surface area (Å²) in [7, 11) is -4.88. The number of carbonyl (C=O) groups excluding carboxylic acids is 1. The van der Waals surface area contributed by atoms with Crippen LogP contribution in [0.3, 0.4) is 0 Å². The number of carbonyl (C=O) groups is 1. The molecule has 13 unspecified atom stereocenters. The molecule has 4 aromatic rings. The van der Waals surface area contributed by atoms with Crippen molar-refractivity contribution >= 4 is 21.7 Å². The molecular weight excluding hydrogens is 857 g/mol. The number of nitrogens with zero attached hydrogens (tertiary/aromatic N) is 1. The summed E-state index contributed by atoms with van der Waals surface area (Å²) in [6.45, 7) is -1.73. The number of phenolic OH excluding ortho intramolecular Hbond substituents is 1. The summed E-state index contributed by atoms with van der Waals surface area (Å²) in [5.74, 6) is -3.97. The van der Waals surface area contributed by atoms with Gasteiger partial charge < -0.3 is 69.3 Å². The van der Waals surface area contributed by atoms with E-state index in [1.54, 1.807) is 18.2 Å². The van der Waals surface area contributed by atoms with Gasteiger partial charge in [0.05, 0.1) is 31.3 Å². The second-order valence-corrected chi connectivity index (χ2v) is 17.3. The second kappa shape index (κ2) is 19.2. The SMILES string of the molecule is O=C1C(CCC(O)c2ccc(F)cc2)C(c2ccc(-c3cccc(O)c3)cc2OS(=O)(=O)CC2OC(CO)C(OC3OC(CO)C(O)C(O)C3O)C(O)C2O)N1c1ccc(F)cc1. The Morgan fingerprint density at radius 3 is 2.02 bits per heavy atom. The van der Waals surface area contributed by atoms with Crippen molar-refractivity contribution in [3.63, 3.8) is 0 Å². The molecule has 13 atom stereocenters. The van der Waals surface area contributed by atoms with Crippen LogP contribution >= 0.6 is 0 Å². The summed E-state index contributed by atoms with van der Waals surface area (Å²) in [5.41, 5.74) is 1.61. The van der Waals surface area contributed by atoms with Crippen molar-refractivity contribution in [2.45, 2.75) is 86.2 Å². The molecule has 0 radical (unpaired) electrons. The predicted molar refractivity (Wildman–Crippen MR) is 215 cm³/mol. The molecule has 0 spiro atoms. The zero-order valence-electron chi connectivity index (χ0n) is 33.2. The number of ether oxygens (including phenoxy) is 3. The molecule has 3 saturated heterocycles. The quantitative estimate of drug-likeness (QED) is 0.0593. The highest BCUT2D eigenvalue weighted by atomic mass is 32.2. The first-order chi connectivity index (χ1) is 30.0. The lowest BCUT2D eigenvalue weighted by atomic mass is 9.77. The number of anilines is 1. The molecule has 3 aliphatic rings. The zero-order valence-corrected chi connectivity index (χ0v) is 34.0. The molecule has 3 heterocycles. The number of aliphatic hydroxyl groups excluding tert-OH is 8. The Kier molecular flexibility index (Phi) is 14.1. The lowest BCUT2D eigenvalue weighted by Crippen LogP contribution is -2.65. The van der Waals surface area contributed by atoms with Gasteiger partial charge in [-0.1, -0.05) is 36.4 Å². The van der Waals surface area contributed by atoms with Gasteiger partial charge in [-0.2, -0.15) is 8.42 Å². The molecular formula is C43H47F2NO16S. The van der Waals surface area contributed by atoms with Gasteiger partial charge in [-0.15, -0.1) is 0 Å². The highest BCUT2D eigenvalue weighted by Gasteiger charge is 2.52. The minimum Gasteiger partial charge on any atom is -0.508 e. The molecule has 0 bridgehead atoms. The summed E-state index contributed by atoms with van der Waals surface area (Å²) >= 11 is 0. The summed E-state index contributed by atoms with van der Waals surface area (Å²) in [4.78, 5) is 15.2. The molecule has 1 amide bonds. The van der Waals surface area contributed by atoms with E-state index in [0.29, 0.717) is 16.7 Å². The smallest absolute Gasteiger partial charge is 0.311 e. The van der Waals surface area contributed by atoms with Crippen LogP contribution in [0.4, 0.5) is 14.5 Å². The highest BCUT2D eigenvalue weighted by Crippen LogP contribution is 2.50. The maximum atomic E-state index is 14.1. The number of benzene rings is 4. The number of hydrogen-bond acceptors (Lipinski definition) is 16. The third kappa shape index (κ3) is 9.87. The van der Waals surface area contributed by atoms with Crippen molar-refractivity contribution < 1.29 is 86.3 Å². The van der Waals surface area contributed by atoms with Gasteiger partial charge in [0.2, 0.25) is 5.91 Å². The van der Waals surface area contributed by atoms with Gasteiger partial charge in [-0.3, -0.25) is 4.79 Å². The summed E-state index contributed by atoms with van der Waals surface area (Å²) < 4.78 is 78.2. The molecule has 20 heteroatoms. The van der Waals surface area contributed by atoms with Crippen molar-refractivity contribution in [3.8, 4) is 22.6 Å². The van der Waals surface area contributed by atoms with E-state index in [-0.39, 0.29) is 35.6 Å². The van der Waals surface area contributed by atoms with Crippen molar-refractivity contribution in [1.29, 1.82) is 0 Å². The Morgan fingerprint density at radius 1 is 0.730 bits per heavy atom. The minimum atomic E-state index is -4.88. The molecule has 3 fully saturated rings. The van der Waals surface area contributed by atoms with Crippen LogP contribution in [0.25, 0.3) is 11.1 Å². The third-order valence-corrected chi connectivity index (χ3v) is 12.7. The molecule has 17 nitrogen and oxygen atoms in total. The topological polar surface area (TPSA) is 273 Å². The normalized spacial score (nSPS) is 30.4. The van der Waals surface area contributed by atoms with E-state index in [1.807, 2.05) is 0 Å². The molecule has 3 aliphatic heterocycles. The molecule has 0 aromatic heterocycles. The van der Waals surface area contributed by atoms with E-state index in [0.717, 1.165) is 12.1 Å². The lowest BCUT2D eigenvalue weighted by molar-refractivity contribution is -0.341. The van der Waals surface area contributed by atoms with Gasteiger partial charge in [0, 0.05) is 11.3 Å². The average Bonchev–Trinajstić information content (AvgIpc) is 3.26. The first-order valence-electron chi connectivity index (χ1n) is 20.0. The maximum Gasteiger partial charge on any atom is 0.311 e. The Bertz CT molecular complexity index is 2320. The Balaban J connectivity index is 1.18. The third-order valence-electron chi connectivity index (χ3n) is 11.5. The van der Waals surface area contributed by atoms with Gasteiger partial charge in [0.1, 0.15) is 83.8 Å². The van der Waals surface area contributed by atoms with Crippen LogP contribution in [0.1, 0.15) is 36.1 Å². The molecule has 9 N–H and O–H groups in total. The second-order valence-electron chi connectivity index (χ2n) is 15.7. The first kappa shape index (κ1) is 46.3. The predicted octanol–water partition coefficient (Wildman–Crippen LogP) is 0.930. The van der Waals surface area contributed by atoms with Crippen LogP contribution in [-0.2, 0) is 29.1 Å². The monoisotopic (exact) mass is 903 g/mol. The fourth-order valence-electron chi connectivity index (χ4n) is 8.16. The van der Waals surface area contributed by atoms with E-state index in [2.05, 4.69) is 0 Å². The Labute approximate surface area is 359 Å². The molecule has 0 saturated carbocycles. The van der Waals surface area contributed by atoms with Crippen molar-refractivity contribution in [2.75, 3.05) is 23.9 Å². The summed E-state index contributed by atoms with van der Waals surface area (Å²) in [6.07, 6.45) is -18.9. The van der Waals surface area contributed by atoms with Crippen LogP contribution in [0, 0.1) is 17.6 Å². The highest BCUT2D eigenvalue weighted by molar-refractivity contribution is 7.87. The van der Waals surface area contributed by atoms with Crippen molar-refractivity contribution in [3.05, 3.63) is 114 Å². The Hall–Kier alpha value is -4.68. The minimum absolute atomic E-state index is 0.0258. The number of rotatable bonds is 15. The molecule has 7 rings (SSSR count). The number of aliphatic hydroxyl groups is 8. The van der Waals surface area contributed by atoms with Gasteiger partial charge in [0.15, 0.2) is 6.29 Å². The fraction of sp³-hybridized carbons (Fsp3) is 0.419. The van der Waals surface area contributed by atoms with Gasteiger partial charge in [0.25, 0.3) is 0 Å². The van der Waals surface area contributed by atoms with Crippen molar-refractivity contribution in [1.82, 2.24) is 0 Å². The molecule has 0 aliphatic carbocycles. The van der Waals surface area contributed by atoms with E-state index in [9.17, 15) is 68.0 Å². The van der Waals surface area contributed by atoms with Gasteiger partial charge in [-0.05, 0) is 84.1 Å². The van der Waals surface area contributed by atoms with Crippen LogP contribution in [-0.4, -0.2) is 140 Å². The largest absolute Gasteiger partial charge is 0.508 e. The maximum absolute atomic E-state index is 14.1. The summed E-state index contributed by atoms with van der Waals surface area (Å²) in [5, 5.41) is 94.1. The lowest BCUT2D eigenvalue weighted by Gasteiger charge is -2.48. The molecule has 340 valence electrons. The van der Waals surface area contributed by atoms with E-state index < -0.39 is 126 Å². The Morgan fingerprint density at radius 2 is 1.37 bits per heavy atom. The number of amides is 1. The van der Waals surface area contributed by atoms with Crippen LogP contribution in [0.2, 0.25) is 0 Å². The van der Waals surface area contributed by atoms with E-state index >= 15 is 0 Å². The number of phenols is 1. The van der Waals surface area contributed by atoms with Gasteiger partial charge in [-0.25, -0.2) is 8.78 Å². The van der Waals surface area contributed by atoms with Crippen molar-refractivity contribution in [2.24, 2.45) is 5.92 Å². The zero-order chi connectivity index (χ0) is 45.3. The number of aromatic hydroxyl groups is 1. The average molecular weight is 904 g/mol. The summed E-state index contributed by atoms with van der Waals surface area (Å²) in [6, 6.07) is 19.7. The number of hydrogen-bond donors (Lipinski definition) is 9. The van der Waals surface area contributed by atoms with Gasteiger partial charge >= 0.3 is 10.1 Å². The van der Waals surface area contributed by atoms with Crippen LogP contribution in [0.15, 0.2) is 91.0 Å². The van der Waals surface area contributed by atoms with Crippen LogP contribution in [0.5, 0.6) is 11.5 Å². The standard InChI is InChI=1S/C43H47F2NO16S/c44-24-7-4-21(5-8-24)30(50)15-14-29-35(46(42(29)56)26-11-9-25(45)10-12-26)28-13-6-23(22-2-1-3-27(49)16-22)17-31(28)62-63(57,58)20-34-37(52)39(54)41(33(19-48)59-34)61-43-40(55)38(53)36(51)32(18-47)60-43/h1-13,16-17,29-30,32-41,43,47-55H,14-15,18-20H2. The van der Waals surface area contributed by atoms with Crippen LogP contribution < -0.4 is 9.08 Å². The first-order valence-corrected chi connectivity index (χ1v) is 21.5.